The third kappa shape index (κ3) is 2.77. The molecule has 0 atom stereocenters. The molecule has 0 spiro atoms. The highest BCUT2D eigenvalue weighted by molar-refractivity contribution is 7.89. The molecule has 1 aliphatic carbocycles. The number of fused-ring (bicyclic) bond motifs is 5. The molecule has 0 aromatic heterocycles. The molecule has 0 unspecified atom stereocenters. The Hall–Kier alpha value is -1.10. The third-order valence-electron chi connectivity index (χ3n) is 5.33. The molecule has 2 aliphatic heterocycles. The van der Waals surface area contributed by atoms with Crippen LogP contribution >= 0.6 is 11.6 Å². The zero-order valence-corrected chi connectivity index (χ0v) is 14.5. The highest BCUT2D eigenvalue weighted by atomic mass is 35.5. The van der Waals surface area contributed by atoms with Crippen molar-refractivity contribution in [1.82, 2.24) is 4.31 Å². The first-order chi connectivity index (χ1) is 11.0. The van der Waals surface area contributed by atoms with Crippen molar-refractivity contribution in [2.75, 3.05) is 13.1 Å². The Kier molecular flexibility index (Phi) is 3.87. The van der Waals surface area contributed by atoms with Crippen molar-refractivity contribution in [3.05, 3.63) is 41.4 Å². The van der Waals surface area contributed by atoms with E-state index in [1.807, 2.05) is 24.3 Å². The first-order valence-corrected chi connectivity index (χ1v) is 10.0. The molecule has 122 valence electrons. The Bertz CT molecular complexity index is 827. The lowest BCUT2D eigenvalue weighted by Crippen LogP contribution is -2.34. The summed E-state index contributed by atoms with van der Waals surface area (Å²) in [7, 11) is -3.43. The molecular weight excluding hydrogens is 330 g/mol. The summed E-state index contributed by atoms with van der Waals surface area (Å²) in [4.78, 5) is 0.383. The largest absolute Gasteiger partial charge is 0.243 e. The van der Waals surface area contributed by atoms with Crippen molar-refractivity contribution in [2.45, 2.75) is 30.6 Å². The van der Waals surface area contributed by atoms with Gasteiger partial charge in [0.05, 0.1) is 4.90 Å². The van der Waals surface area contributed by atoms with Crippen LogP contribution in [0.3, 0.4) is 0 Å². The molecule has 0 amide bonds. The molecule has 3 aliphatic rings. The Morgan fingerprint density at radius 1 is 0.957 bits per heavy atom. The van der Waals surface area contributed by atoms with Crippen LogP contribution in [0.15, 0.2) is 41.3 Å². The SMILES string of the molecule is O=S(=O)(c1ccc2c(Cl)cccc2c1)N1CC2CCC(CC2)C1. The smallest absolute Gasteiger partial charge is 0.207 e. The second-order valence-electron chi connectivity index (χ2n) is 6.83. The molecule has 5 rings (SSSR count). The predicted molar refractivity (Wildman–Crippen MR) is 93.2 cm³/mol. The number of sulfonamides is 1. The lowest BCUT2D eigenvalue weighted by molar-refractivity contribution is 0.326. The maximum atomic E-state index is 13.1. The quantitative estimate of drug-likeness (QED) is 0.810. The van der Waals surface area contributed by atoms with Gasteiger partial charge in [-0.15, -0.1) is 0 Å². The van der Waals surface area contributed by atoms with Gasteiger partial charge >= 0.3 is 0 Å². The van der Waals surface area contributed by atoms with Gasteiger partial charge in [0.25, 0.3) is 0 Å². The van der Waals surface area contributed by atoms with Crippen molar-refractivity contribution in [3.8, 4) is 0 Å². The zero-order valence-electron chi connectivity index (χ0n) is 12.9. The van der Waals surface area contributed by atoms with Crippen LogP contribution in [0.2, 0.25) is 5.02 Å². The molecule has 2 heterocycles. The predicted octanol–water partition coefficient (Wildman–Crippen LogP) is 4.30. The van der Waals surface area contributed by atoms with Gasteiger partial charge in [-0.25, -0.2) is 8.42 Å². The van der Waals surface area contributed by atoms with E-state index in [0.717, 1.165) is 10.8 Å². The summed E-state index contributed by atoms with van der Waals surface area (Å²) in [6.45, 7) is 1.35. The van der Waals surface area contributed by atoms with Crippen molar-refractivity contribution >= 4 is 32.4 Å². The molecule has 2 bridgehead atoms. The Balaban J connectivity index is 1.73. The van der Waals surface area contributed by atoms with Gasteiger partial charge in [-0.2, -0.15) is 4.31 Å². The highest BCUT2D eigenvalue weighted by Gasteiger charge is 2.35. The second-order valence-corrected chi connectivity index (χ2v) is 9.18. The average molecular weight is 350 g/mol. The molecule has 0 N–H and O–H groups in total. The molecule has 2 saturated heterocycles. The van der Waals surface area contributed by atoms with Gasteiger partial charge in [0, 0.05) is 23.5 Å². The molecular formula is C18H20ClNO2S. The van der Waals surface area contributed by atoms with Crippen LogP contribution in [0.25, 0.3) is 10.8 Å². The summed E-state index contributed by atoms with van der Waals surface area (Å²) in [5.41, 5.74) is 0. The second kappa shape index (κ2) is 5.76. The average Bonchev–Trinajstić information content (AvgIpc) is 2.89. The first kappa shape index (κ1) is 15.4. The van der Waals surface area contributed by atoms with Gasteiger partial charge in [0.1, 0.15) is 0 Å². The van der Waals surface area contributed by atoms with Crippen molar-refractivity contribution in [2.24, 2.45) is 11.8 Å². The van der Waals surface area contributed by atoms with Gasteiger partial charge in [-0.1, -0.05) is 29.8 Å². The summed E-state index contributed by atoms with van der Waals surface area (Å²) < 4.78 is 27.9. The molecule has 2 aromatic rings. The van der Waals surface area contributed by atoms with Crippen molar-refractivity contribution in [1.29, 1.82) is 0 Å². The minimum Gasteiger partial charge on any atom is -0.207 e. The van der Waals surface area contributed by atoms with Gasteiger partial charge in [-0.05, 0) is 61.1 Å². The topological polar surface area (TPSA) is 37.4 Å². The molecule has 3 fully saturated rings. The van der Waals surface area contributed by atoms with Gasteiger partial charge in [-0.3, -0.25) is 0 Å². The summed E-state index contributed by atoms with van der Waals surface area (Å²) in [6, 6.07) is 10.8. The standard InChI is InChI=1S/C18H20ClNO2S/c19-18-3-1-2-15-10-16(8-9-17(15)18)23(21,22)20-11-13-4-5-14(12-20)7-6-13/h1-3,8-10,13-14H,4-7,11-12H2. The first-order valence-electron chi connectivity index (χ1n) is 8.22. The van der Waals surface area contributed by atoms with Gasteiger partial charge in [0.15, 0.2) is 0 Å². The Morgan fingerprint density at radius 3 is 2.26 bits per heavy atom. The van der Waals surface area contributed by atoms with E-state index in [1.54, 1.807) is 16.4 Å². The normalized spacial score (nSPS) is 25.6. The Labute approximate surface area is 142 Å². The lowest BCUT2D eigenvalue weighted by atomic mass is 9.84. The van der Waals surface area contributed by atoms with Crippen molar-refractivity contribution < 1.29 is 8.42 Å². The van der Waals surface area contributed by atoms with E-state index in [9.17, 15) is 8.42 Å². The number of halogens is 1. The number of hydrogen-bond acceptors (Lipinski definition) is 2. The summed E-state index contributed by atoms with van der Waals surface area (Å²) >= 11 is 6.18. The monoisotopic (exact) mass is 349 g/mol. The number of benzene rings is 2. The van der Waals surface area contributed by atoms with Crippen LogP contribution < -0.4 is 0 Å². The fraction of sp³-hybridized carbons (Fsp3) is 0.444. The minimum absolute atomic E-state index is 0.383. The Morgan fingerprint density at radius 2 is 1.61 bits per heavy atom. The van der Waals surface area contributed by atoms with E-state index >= 15 is 0 Å². The summed E-state index contributed by atoms with van der Waals surface area (Å²) in [5, 5.41) is 2.42. The number of nitrogens with zero attached hydrogens (tertiary/aromatic N) is 1. The minimum atomic E-state index is -3.43. The van der Waals surface area contributed by atoms with Crippen LogP contribution in [0, 0.1) is 11.8 Å². The van der Waals surface area contributed by atoms with Crippen LogP contribution in [0.1, 0.15) is 25.7 Å². The molecule has 1 saturated carbocycles. The van der Waals surface area contributed by atoms with Crippen LogP contribution in [-0.4, -0.2) is 25.8 Å². The van der Waals surface area contributed by atoms with E-state index in [-0.39, 0.29) is 0 Å². The summed E-state index contributed by atoms with van der Waals surface area (Å²) in [5.74, 6) is 1.05. The van der Waals surface area contributed by atoms with Crippen LogP contribution in [0.4, 0.5) is 0 Å². The van der Waals surface area contributed by atoms with E-state index < -0.39 is 10.0 Å². The van der Waals surface area contributed by atoms with E-state index in [2.05, 4.69) is 0 Å². The van der Waals surface area contributed by atoms with Crippen LogP contribution in [-0.2, 0) is 10.0 Å². The maximum Gasteiger partial charge on any atom is 0.243 e. The third-order valence-corrected chi connectivity index (χ3v) is 7.48. The fourth-order valence-electron chi connectivity index (χ4n) is 3.98. The van der Waals surface area contributed by atoms with Gasteiger partial charge < -0.3 is 0 Å². The van der Waals surface area contributed by atoms with E-state index in [4.69, 9.17) is 11.6 Å². The van der Waals surface area contributed by atoms with Gasteiger partial charge in [0.2, 0.25) is 10.0 Å². The molecule has 3 nitrogen and oxygen atoms in total. The zero-order chi connectivity index (χ0) is 16.0. The van der Waals surface area contributed by atoms with E-state index in [0.29, 0.717) is 34.8 Å². The molecule has 2 aromatic carbocycles. The van der Waals surface area contributed by atoms with E-state index in [1.165, 1.54) is 25.7 Å². The highest BCUT2D eigenvalue weighted by Crippen LogP contribution is 2.36. The number of rotatable bonds is 2. The maximum absolute atomic E-state index is 13.1. The molecule has 5 heteroatoms. The molecule has 23 heavy (non-hydrogen) atoms. The summed E-state index contributed by atoms with van der Waals surface area (Å²) in [6.07, 6.45) is 4.68. The molecule has 0 radical (unpaired) electrons. The number of hydrogen-bond donors (Lipinski definition) is 0. The lowest BCUT2D eigenvalue weighted by Gasteiger charge is -2.22. The fourth-order valence-corrected chi connectivity index (χ4v) is 5.85. The van der Waals surface area contributed by atoms with Crippen LogP contribution in [0.5, 0.6) is 0 Å². The van der Waals surface area contributed by atoms with Crippen molar-refractivity contribution in [3.63, 3.8) is 0 Å².